The molecule has 0 aliphatic carbocycles. The van der Waals surface area contributed by atoms with Crippen molar-refractivity contribution < 1.29 is 27.5 Å². The average Bonchev–Trinajstić information content (AvgIpc) is 2.85. The zero-order valence-corrected chi connectivity index (χ0v) is 22.5. The van der Waals surface area contributed by atoms with Crippen LogP contribution in [0.5, 0.6) is 11.5 Å². The fraction of sp³-hybridized carbons (Fsp3) is 0.462. The topological polar surface area (TPSA) is 105 Å². The van der Waals surface area contributed by atoms with Crippen molar-refractivity contribution in [3.05, 3.63) is 54.1 Å². The van der Waals surface area contributed by atoms with Crippen LogP contribution >= 0.6 is 0 Å². The number of sulfonamides is 1. The molecular weight excluding hydrogens is 482 g/mol. The molecule has 10 heteroatoms. The number of nitrogens with one attached hydrogen (secondary N) is 1. The zero-order chi connectivity index (χ0) is 26.7. The molecular formula is C26H37N3O6S. The lowest BCUT2D eigenvalue weighted by atomic mass is 10.1. The van der Waals surface area contributed by atoms with Crippen LogP contribution in [0.15, 0.2) is 48.5 Å². The van der Waals surface area contributed by atoms with Gasteiger partial charge in [0.05, 0.1) is 25.7 Å². The minimum atomic E-state index is -3.57. The molecule has 0 heterocycles. The summed E-state index contributed by atoms with van der Waals surface area (Å²) in [5.41, 5.74) is 1.32. The van der Waals surface area contributed by atoms with E-state index in [4.69, 9.17) is 9.47 Å². The highest BCUT2D eigenvalue weighted by molar-refractivity contribution is 7.92. The van der Waals surface area contributed by atoms with E-state index in [0.717, 1.165) is 11.8 Å². The summed E-state index contributed by atoms with van der Waals surface area (Å²) < 4.78 is 36.9. The normalized spacial score (nSPS) is 11.9. The number of rotatable bonds is 14. The molecule has 0 fully saturated rings. The summed E-state index contributed by atoms with van der Waals surface area (Å²) in [7, 11) is -2.00. The molecule has 2 aromatic carbocycles. The van der Waals surface area contributed by atoms with E-state index in [0.29, 0.717) is 30.3 Å². The molecule has 2 aromatic rings. The van der Waals surface area contributed by atoms with Crippen LogP contribution in [-0.2, 0) is 26.2 Å². The first-order valence-electron chi connectivity index (χ1n) is 12.0. The van der Waals surface area contributed by atoms with Gasteiger partial charge < -0.3 is 19.7 Å². The van der Waals surface area contributed by atoms with Crippen LogP contribution in [-0.4, -0.2) is 64.2 Å². The minimum Gasteiger partial charge on any atom is -0.497 e. The maximum Gasteiger partial charge on any atom is 0.242 e. The Morgan fingerprint density at radius 2 is 1.75 bits per heavy atom. The summed E-state index contributed by atoms with van der Waals surface area (Å²) in [4.78, 5) is 27.3. The van der Waals surface area contributed by atoms with E-state index in [-0.39, 0.29) is 37.7 Å². The van der Waals surface area contributed by atoms with E-state index < -0.39 is 16.1 Å². The lowest BCUT2D eigenvalue weighted by Crippen LogP contribution is -2.47. The van der Waals surface area contributed by atoms with Crippen molar-refractivity contribution in [2.24, 2.45) is 0 Å². The second kappa shape index (κ2) is 13.7. The first-order chi connectivity index (χ1) is 17.1. The summed E-state index contributed by atoms with van der Waals surface area (Å²) in [5.74, 6) is 0.819. The maximum atomic E-state index is 13.3. The minimum absolute atomic E-state index is 0.0801. The van der Waals surface area contributed by atoms with E-state index in [1.807, 2.05) is 38.1 Å². The number of nitrogens with zero attached hydrogens (tertiary/aromatic N) is 2. The molecule has 0 aromatic heterocycles. The number of anilines is 1. The number of amides is 2. The van der Waals surface area contributed by atoms with Crippen LogP contribution in [0.25, 0.3) is 0 Å². The third-order valence-electron chi connectivity index (χ3n) is 5.59. The highest BCUT2D eigenvalue weighted by Crippen LogP contribution is 2.23. The molecule has 2 amide bonds. The quantitative estimate of drug-likeness (QED) is 0.411. The molecule has 0 saturated heterocycles. The molecule has 1 N–H and O–H groups in total. The SMILES string of the molecule is CCNC(=O)C(C)N(Cc1cccc(OC)c1)C(=O)CCCN(c1ccc(OCC)cc1)S(C)(=O)=O. The van der Waals surface area contributed by atoms with Crippen molar-refractivity contribution in [2.75, 3.05) is 37.4 Å². The summed E-state index contributed by atoms with van der Waals surface area (Å²) in [6.45, 7) is 6.70. The monoisotopic (exact) mass is 519 g/mol. The molecule has 0 spiro atoms. The van der Waals surface area contributed by atoms with Gasteiger partial charge in [-0.25, -0.2) is 8.42 Å². The van der Waals surface area contributed by atoms with Crippen molar-refractivity contribution in [3.8, 4) is 11.5 Å². The Hall–Kier alpha value is -3.27. The number of carbonyl (C=O) groups is 2. The van der Waals surface area contributed by atoms with E-state index in [1.54, 1.807) is 38.3 Å². The average molecular weight is 520 g/mol. The number of methoxy groups -OCH3 is 1. The van der Waals surface area contributed by atoms with Gasteiger partial charge in [0.15, 0.2) is 0 Å². The number of carbonyl (C=O) groups excluding carboxylic acids is 2. The number of hydrogen-bond acceptors (Lipinski definition) is 6. The van der Waals surface area contributed by atoms with Gasteiger partial charge in [-0.1, -0.05) is 12.1 Å². The van der Waals surface area contributed by atoms with Crippen molar-refractivity contribution in [1.29, 1.82) is 0 Å². The zero-order valence-electron chi connectivity index (χ0n) is 21.7. The van der Waals surface area contributed by atoms with Gasteiger partial charge in [-0.3, -0.25) is 13.9 Å². The van der Waals surface area contributed by atoms with Crippen LogP contribution in [0.4, 0.5) is 5.69 Å². The second-order valence-electron chi connectivity index (χ2n) is 8.31. The van der Waals surface area contributed by atoms with Crippen molar-refractivity contribution >= 4 is 27.5 Å². The second-order valence-corrected chi connectivity index (χ2v) is 10.2. The van der Waals surface area contributed by atoms with Gasteiger partial charge in [-0.05, 0) is 69.2 Å². The molecule has 0 radical (unpaired) electrons. The van der Waals surface area contributed by atoms with Crippen molar-refractivity contribution in [2.45, 2.75) is 46.2 Å². The van der Waals surface area contributed by atoms with Crippen LogP contribution in [0.2, 0.25) is 0 Å². The Balaban J connectivity index is 2.15. The van der Waals surface area contributed by atoms with Gasteiger partial charge in [0.2, 0.25) is 21.8 Å². The van der Waals surface area contributed by atoms with Gasteiger partial charge >= 0.3 is 0 Å². The van der Waals surface area contributed by atoms with Crippen molar-refractivity contribution in [3.63, 3.8) is 0 Å². The van der Waals surface area contributed by atoms with Crippen LogP contribution in [0.1, 0.15) is 39.2 Å². The maximum absolute atomic E-state index is 13.3. The van der Waals surface area contributed by atoms with E-state index >= 15 is 0 Å². The van der Waals surface area contributed by atoms with E-state index in [2.05, 4.69) is 5.32 Å². The third kappa shape index (κ3) is 8.44. The summed E-state index contributed by atoms with van der Waals surface area (Å²) in [6, 6.07) is 13.4. The molecule has 0 bridgehead atoms. The lowest BCUT2D eigenvalue weighted by molar-refractivity contribution is -0.140. The Morgan fingerprint density at radius 3 is 2.33 bits per heavy atom. The highest BCUT2D eigenvalue weighted by Gasteiger charge is 2.26. The van der Waals surface area contributed by atoms with Crippen molar-refractivity contribution in [1.82, 2.24) is 10.2 Å². The van der Waals surface area contributed by atoms with Gasteiger partial charge in [0.25, 0.3) is 0 Å². The molecule has 0 aliphatic rings. The predicted molar refractivity (Wildman–Crippen MR) is 141 cm³/mol. The lowest BCUT2D eigenvalue weighted by Gasteiger charge is -2.29. The van der Waals surface area contributed by atoms with Gasteiger partial charge in [-0.2, -0.15) is 0 Å². The molecule has 198 valence electrons. The Kier molecular flexibility index (Phi) is 11.0. The van der Waals surface area contributed by atoms with Crippen LogP contribution in [0.3, 0.4) is 0 Å². The van der Waals surface area contributed by atoms with E-state index in [9.17, 15) is 18.0 Å². The van der Waals surface area contributed by atoms with Crippen LogP contribution < -0.4 is 19.1 Å². The highest BCUT2D eigenvalue weighted by atomic mass is 32.2. The Morgan fingerprint density at radius 1 is 1.06 bits per heavy atom. The number of likely N-dealkylation sites (N-methyl/N-ethyl adjacent to an activating group) is 1. The molecule has 0 aliphatic heterocycles. The summed E-state index contributed by atoms with van der Waals surface area (Å²) >= 11 is 0. The fourth-order valence-electron chi connectivity index (χ4n) is 3.75. The first-order valence-corrected chi connectivity index (χ1v) is 13.9. The van der Waals surface area contributed by atoms with Gasteiger partial charge in [-0.15, -0.1) is 0 Å². The Labute approximate surface area is 214 Å². The Bertz CT molecular complexity index is 1100. The number of ether oxygens (including phenoxy) is 2. The van der Waals surface area contributed by atoms with Crippen LogP contribution in [0, 0.1) is 0 Å². The summed E-state index contributed by atoms with van der Waals surface area (Å²) in [6.07, 6.45) is 1.50. The molecule has 1 unspecified atom stereocenters. The molecule has 9 nitrogen and oxygen atoms in total. The smallest absolute Gasteiger partial charge is 0.242 e. The van der Waals surface area contributed by atoms with Gasteiger partial charge in [0.1, 0.15) is 17.5 Å². The third-order valence-corrected chi connectivity index (χ3v) is 6.79. The number of benzene rings is 2. The first kappa shape index (κ1) is 29.0. The fourth-order valence-corrected chi connectivity index (χ4v) is 4.72. The largest absolute Gasteiger partial charge is 0.497 e. The van der Waals surface area contributed by atoms with E-state index in [1.165, 1.54) is 9.21 Å². The van der Waals surface area contributed by atoms with Gasteiger partial charge in [0, 0.05) is 26.1 Å². The molecule has 2 rings (SSSR count). The standard InChI is InChI=1S/C26H37N3O6S/c1-6-27-26(31)20(3)28(19-21-10-8-11-24(18-21)34-4)25(30)12-9-17-29(36(5,32)33)22-13-15-23(16-14-22)35-7-2/h8,10-11,13-16,18,20H,6-7,9,12,17,19H2,1-5H3,(H,27,31). The number of hydrogen-bond donors (Lipinski definition) is 1. The molecule has 0 saturated carbocycles. The predicted octanol–water partition coefficient (Wildman–Crippen LogP) is 3.19. The summed E-state index contributed by atoms with van der Waals surface area (Å²) in [5, 5.41) is 2.76. The molecule has 1 atom stereocenters. The molecule has 36 heavy (non-hydrogen) atoms.